The molecule has 1 atom stereocenters. The molecule has 6 nitrogen and oxygen atoms in total. The number of amides is 2. The summed E-state index contributed by atoms with van der Waals surface area (Å²) in [5.41, 5.74) is 0. The van der Waals surface area contributed by atoms with Crippen LogP contribution in [0, 0.1) is 0 Å². The summed E-state index contributed by atoms with van der Waals surface area (Å²) in [7, 11) is 0. The van der Waals surface area contributed by atoms with Crippen LogP contribution in [0.4, 0.5) is 0 Å². The summed E-state index contributed by atoms with van der Waals surface area (Å²) in [4.78, 5) is 33.8. The molecule has 0 saturated heterocycles. The zero-order valence-corrected chi connectivity index (χ0v) is 14.6. The molecule has 0 heterocycles. The van der Waals surface area contributed by atoms with E-state index in [2.05, 4.69) is 10.6 Å². The van der Waals surface area contributed by atoms with Crippen molar-refractivity contribution >= 4 is 40.4 Å². The maximum atomic E-state index is 12.0. The molecule has 0 fully saturated rings. The SMILES string of the molecule is CCCCC(NC(=O)CI)C(=O)NCCCCCC(=O)O. The van der Waals surface area contributed by atoms with Crippen LogP contribution in [0.2, 0.25) is 0 Å². The summed E-state index contributed by atoms with van der Waals surface area (Å²) in [6.45, 7) is 2.55. The standard InChI is InChI=1S/C14H25IN2O4/c1-2-3-7-11(17-12(18)10-15)14(21)16-9-6-4-5-8-13(19)20/h11H,2-10H2,1H3,(H,16,21)(H,17,18)(H,19,20). The molecule has 0 aromatic rings. The van der Waals surface area contributed by atoms with Gasteiger partial charge in [0.25, 0.3) is 0 Å². The molecule has 1 unspecified atom stereocenters. The van der Waals surface area contributed by atoms with Crippen LogP contribution in [0.1, 0.15) is 51.9 Å². The van der Waals surface area contributed by atoms with E-state index in [1.54, 1.807) is 0 Å². The summed E-state index contributed by atoms with van der Waals surface area (Å²) >= 11 is 1.97. The van der Waals surface area contributed by atoms with Gasteiger partial charge in [-0.05, 0) is 19.3 Å². The van der Waals surface area contributed by atoms with Gasteiger partial charge >= 0.3 is 5.97 Å². The van der Waals surface area contributed by atoms with Crippen molar-refractivity contribution < 1.29 is 19.5 Å². The van der Waals surface area contributed by atoms with E-state index in [0.717, 1.165) is 25.7 Å². The number of hydrogen-bond donors (Lipinski definition) is 3. The molecule has 0 aromatic heterocycles. The lowest BCUT2D eigenvalue weighted by molar-refractivity contribution is -0.137. The van der Waals surface area contributed by atoms with Gasteiger partial charge in [-0.1, -0.05) is 48.8 Å². The fourth-order valence-corrected chi connectivity index (χ4v) is 2.04. The van der Waals surface area contributed by atoms with Crippen LogP contribution < -0.4 is 10.6 Å². The monoisotopic (exact) mass is 412 g/mol. The first-order valence-corrected chi connectivity index (χ1v) is 8.88. The molecule has 0 rings (SSSR count). The summed E-state index contributed by atoms with van der Waals surface area (Å²) in [5.74, 6) is -1.08. The number of carbonyl (C=O) groups is 3. The molecule has 21 heavy (non-hydrogen) atoms. The van der Waals surface area contributed by atoms with E-state index >= 15 is 0 Å². The molecule has 0 radical (unpaired) electrons. The molecule has 0 saturated carbocycles. The van der Waals surface area contributed by atoms with Gasteiger partial charge in [-0.25, -0.2) is 0 Å². The first-order chi connectivity index (χ1) is 10.0. The third-order valence-corrected chi connectivity index (χ3v) is 3.68. The minimum absolute atomic E-state index is 0.131. The summed E-state index contributed by atoms with van der Waals surface area (Å²) in [5, 5.41) is 14.0. The minimum Gasteiger partial charge on any atom is -0.481 e. The Morgan fingerprint density at radius 2 is 1.86 bits per heavy atom. The second-order valence-electron chi connectivity index (χ2n) is 4.89. The molecular formula is C14H25IN2O4. The third-order valence-electron chi connectivity index (χ3n) is 2.99. The highest BCUT2D eigenvalue weighted by molar-refractivity contribution is 14.1. The molecule has 0 aromatic carbocycles. The van der Waals surface area contributed by atoms with Crippen molar-refractivity contribution in [2.24, 2.45) is 0 Å². The van der Waals surface area contributed by atoms with Gasteiger partial charge in [0.2, 0.25) is 11.8 Å². The number of carbonyl (C=O) groups excluding carboxylic acids is 2. The van der Waals surface area contributed by atoms with Gasteiger partial charge in [0.05, 0.1) is 4.43 Å². The van der Waals surface area contributed by atoms with Crippen molar-refractivity contribution in [1.29, 1.82) is 0 Å². The van der Waals surface area contributed by atoms with Crippen molar-refractivity contribution in [3.63, 3.8) is 0 Å². The van der Waals surface area contributed by atoms with Crippen LogP contribution in [0.5, 0.6) is 0 Å². The normalized spacial score (nSPS) is 11.7. The average molecular weight is 412 g/mol. The van der Waals surface area contributed by atoms with E-state index in [-0.39, 0.29) is 18.2 Å². The Morgan fingerprint density at radius 3 is 2.43 bits per heavy atom. The van der Waals surface area contributed by atoms with Gasteiger partial charge in [-0.2, -0.15) is 0 Å². The summed E-state index contributed by atoms with van der Waals surface area (Å²) in [6, 6.07) is -0.466. The Hall–Kier alpha value is -0.860. The number of unbranched alkanes of at least 4 members (excludes halogenated alkanes) is 3. The van der Waals surface area contributed by atoms with Crippen molar-refractivity contribution in [3.05, 3.63) is 0 Å². The summed E-state index contributed by atoms with van der Waals surface area (Å²) < 4.78 is 0.336. The van der Waals surface area contributed by atoms with Crippen molar-refractivity contribution in [3.8, 4) is 0 Å². The first kappa shape index (κ1) is 20.1. The highest BCUT2D eigenvalue weighted by Crippen LogP contribution is 2.03. The van der Waals surface area contributed by atoms with Crippen molar-refractivity contribution in [1.82, 2.24) is 10.6 Å². The number of nitrogens with one attached hydrogen (secondary N) is 2. The Kier molecular flexibility index (Phi) is 12.3. The van der Waals surface area contributed by atoms with E-state index in [1.807, 2.05) is 29.5 Å². The van der Waals surface area contributed by atoms with E-state index in [9.17, 15) is 14.4 Å². The molecule has 0 aliphatic carbocycles. The molecule has 0 spiro atoms. The van der Waals surface area contributed by atoms with Gasteiger partial charge in [-0.3, -0.25) is 14.4 Å². The predicted octanol–water partition coefficient (Wildman–Crippen LogP) is 1.86. The van der Waals surface area contributed by atoms with Gasteiger partial charge in [0.1, 0.15) is 6.04 Å². The third kappa shape index (κ3) is 11.5. The number of carboxylic acids is 1. The van der Waals surface area contributed by atoms with E-state index < -0.39 is 12.0 Å². The van der Waals surface area contributed by atoms with Gasteiger partial charge in [-0.15, -0.1) is 0 Å². The van der Waals surface area contributed by atoms with Crippen LogP contribution in [-0.4, -0.2) is 39.9 Å². The lowest BCUT2D eigenvalue weighted by Gasteiger charge is -2.17. The predicted molar refractivity (Wildman–Crippen MR) is 89.5 cm³/mol. The molecule has 2 amide bonds. The van der Waals surface area contributed by atoms with Crippen molar-refractivity contribution in [2.75, 3.05) is 11.0 Å². The maximum absolute atomic E-state index is 12.0. The quantitative estimate of drug-likeness (QED) is 0.259. The van der Waals surface area contributed by atoms with Gasteiger partial charge in [0, 0.05) is 13.0 Å². The zero-order valence-electron chi connectivity index (χ0n) is 12.5. The second kappa shape index (κ2) is 12.8. The topological polar surface area (TPSA) is 95.5 Å². The molecule has 7 heteroatoms. The number of alkyl halides is 1. The van der Waals surface area contributed by atoms with Crippen LogP contribution in [-0.2, 0) is 14.4 Å². The number of rotatable bonds is 12. The average Bonchev–Trinajstić information content (AvgIpc) is 2.46. The number of carboxylic acid groups (broad SMARTS) is 1. The molecule has 0 aliphatic rings. The zero-order chi connectivity index (χ0) is 16.1. The Morgan fingerprint density at radius 1 is 1.14 bits per heavy atom. The van der Waals surface area contributed by atoms with E-state index in [4.69, 9.17) is 5.11 Å². The van der Waals surface area contributed by atoms with Crippen LogP contribution in [0.25, 0.3) is 0 Å². The van der Waals surface area contributed by atoms with Gasteiger partial charge in [0.15, 0.2) is 0 Å². The largest absolute Gasteiger partial charge is 0.481 e. The Labute approximate surface area is 139 Å². The van der Waals surface area contributed by atoms with Crippen LogP contribution in [0.3, 0.4) is 0 Å². The smallest absolute Gasteiger partial charge is 0.303 e. The van der Waals surface area contributed by atoms with E-state index in [0.29, 0.717) is 23.8 Å². The fourth-order valence-electron chi connectivity index (χ4n) is 1.82. The lowest BCUT2D eigenvalue weighted by atomic mass is 10.1. The summed E-state index contributed by atoms with van der Waals surface area (Å²) in [6.07, 6.45) is 4.81. The molecule has 0 aliphatic heterocycles. The number of hydrogen-bond acceptors (Lipinski definition) is 3. The Bertz CT molecular complexity index is 337. The molecule has 122 valence electrons. The first-order valence-electron chi connectivity index (χ1n) is 7.36. The van der Waals surface area contributed by atoms with Gasteiger partial charge < -0.3 is 15.7 Å². The van der Waals surface area contributed by atoms with E-state index in [1.165, 1.54) is 0 Å². The number of halogens is 1. The minimum atomic E-state index is -0.792. The molecule has 3 N–H and O–H groups in total. The molecule has 0 bridgehead atoms. The van der Waals surface area contributed by atoms with Crippen LogP contribution in [0.15, 0.2) is 0 Å². The lowest BCUT2D eigenvalue weighted by Crippen LogP contribution is -2.47. The Balaban J connectivity index is 3.98. The van der Waals surface area contributed by atoms with Crippen LogP contribution >= 0.6 is 22.6 Å². The van der Waals surface area contributed by atoms with Crippen molar-refractivity contribution in [2.45, 2.75) is 57.9 Å². The maximum Gasteiger partial charge on any atom is 0.303 e. The second-order valence-corrected chi connectivity index (χ2v) is 5.65. The highest BCUT2D eigenvalue weighted by Gasteiger charge is 2.19. The number of aliphatic carboxylic acids is 1. The highest BCUT2D eigenvalue weighted by atomic mass is 127. The fraction of sp³-hybridized carbons (Fsp3) is 0.786. The molecular weight excluding hydrogens is 387 g/mol.